The molecule has 1 N–H and O–H groups in total. The van der Waals surface area contributed by atoms with E-state index >= 15 is 0 Å². The summed E-state index contributed by atoms with van der Waals surface area (Å²) in [5.74, 6) is 0.717. The molecule has 0 bridgehead atoms. The van der Waals surface area contributed by atoms with Crippen molar-refractivity contribution in [3.63, 3.8) is 0 Å². The summed E-state index contributed by atoms with van der Waals surface area (Å²) in [7, 11) is -3.11. The number of nitrogens with one attached hydrogen (secondary N) is 1. The molecule has 82 valence electrons. The van der Waals surface area contributed by atoms with Crippen LogP contribution in [-0.4, -0.2) is 33.9 Å². The Morgan fingerprint density at radius 1 is 1.27 bits per heavy atom. The van der Waals surface area contributed by atoms with E-state index in [2.05, 4.69) is 5.32 Å². The third-order valence-electron chi connectivity index (χ3n) is 2.30. The highest BCUT2D eigenvalue weighted by atomic mass is 32.2. The minimum Gasteiger partial charge on any atom is -0.488 e. The molecule has 1 fully saturated rings. The van der Waals surface area contributed by atoms with Crippen LogP contribution in [0.2, 0.25) is 0 Å². The molecule has 2 rings (SSSR count). The highest BCUT2D eigenvalue weighted by molar-refractivity contribution is 7.90. The fraction of sp³-hybridized carbons (Fsp3) is 0.400. The van der Waals surface area contributed by atoms with E-state index in [4.69, 9.17) is 4.74 Å². The zero-order valence-electron chi connectivity index (χ0n) is 8.43. The molecule has 1 saturated heterocycles. The van der Waals surface area contributed by atoms with Crippen LogP contribution in [-0.2, 0) is 9.84 Å². The van der Waals surface area contributed by atoms with Crippen LogP contribution in [0, 0.1) is 0 Å². The van der Waals surface area contributed by atoms with Crippen molar-refractivity contribution in [3.8, 4) is 5.75 Å². The van der Waals surface area contributed by atoms with Crippen LogP contribution in [0.1, 0.15) is 0 Å². The largest absolute Gasteiger partial charge is 0.488 e. The van der Waals surface area contributed by atoms with Crippen LogP contribution in [0.25, 0.3) is 0 Å². The first kappa shape index (κ1) is 10.4. The Morgan fingerprint density at radius 3 is 2.27 bits per heavy atom. The molecule has 1 aromatic rings. The van der Waals surface area contributed by atoms with Gasteiger partial charge in [-0.25, -0.2) is 8.42 Å². The molecule has 1 aliphatic rings. The molecule has 0 atom stereocenters. The van der Waals surface area contributed by atoms with Gasteiger partial charge in [-0.1, -0.05) is 0 Å². The topological polar surface area (TPSA) is 55.4 Å². The molecule has 0 amide bonds. The maximum atomic E-state index is 11.2. The van der Waals surface area contributed by atoms with E-state index in [1.54, 1.807) is 24.3 Å². The third-order valence-corrected chi connectivity index (χ3v) is 3.43. The van der Waals surface area contributed by atoms with Crippen molar-refractivity contribution in [1.82, 2.24) is 5.32 Å². The zero-order chi connectivity index (χ0) is 10.9. The standard InChI is InChI=1S/C10H13NO3S/c1-15(12,13)10-4-2-8(3-5-10)14-9-6-11-7-9/h2-5,9,11H,6-7H2,1H3. The molecule has 5 heteroatoms. The number of hydrogen-bond acceptors (Lipinski definition) is 4. The average molecular weight is 227 g/mol. The van der Waals surface area contributed by atoms with Gasteiger partial charge in [0, 0.05) is 19.3 Å². The smallest absolute Gasteiger partial charge is 0.175 e. The Bertz CT molecular complexity index is 434. The second-order valence-electron chi connectivity index (χ2n) is 3.64. The van der Waals surface area contributed by atoms with Crippen LogP contribution in [0.3, 0.4) is 0 Å². The Hall–Kier alpha value is -1.07. The highest BCUT2D eigenvalue weighted by Gasteiger charge is 2.18. The van der Waals surface area contributed by atoms with Gasteiger partial charge in [-0.2, -0.15) is 0 Å². The van der Waals surface area contributed by atoms with E-state index in [9.17, 15) is 8.42 Å². The lowest BCUT2D eigenvalue weighted by molar-refractivity contribution is 0.142. The Labute approximate surface area is 89.2 Å². The summed E-state index contributed by atoms with van der Waals surface area (Å²) in [6.07, 6.45) is 1.41. The molecule has 0 radical (unpaired) electrons. The zero-order valence-corrected chi connectivity index (χ0v) is 9.25. The average Bonchev–Trinajstić information content (AvgIpc) is 2.11. The van der Waals surface area contributed by atoms with Crippen molar-refractivity contribution < 1.29 is 13.2 Å². The summed E-state index contributed by atoms with van der Waals surface area (Å²) in [6.45, 7) is 1.71. The molecule has 4 nitrogen and oxygen atoms in total. The van der Waals surface area contributed by atoms with Gasteiger partial charge < -0.3 is 10.1 Å². The fourth-order valence-corrected chi connectivity index (χ4v) is 1.93. The van der Waals surface area contributed by atoms with E-state index in [1.165, 1.54) is 6.26 Å². The molecule has 1 aliphatic heterocycles. The van der Waals surface area contributed by atoms with Gasteiger partial charge in [-0.3, -0.25) is 0 Å². The van der Waals surface area contributed by atoms with E-state index < -0.39 is 9.84 Å². The van der Waals surface area contributed by atoms with Crippen LogP contribution < -0.4 is 10.1 Å². The van der Waals surface area contributed by atoms with E-state index in [1.807, 2.05) is 0 Å². The maximum Gasteiger partial charge on any atom is 0.175 e. The van der Waals surface area contributed by atoms with Gasteiger partial charge in [0.25, 0.3) is 0 Å². The number of rotatable bonds is 3. The second kappa shape index (κ2) is 3.83. The predicted molar refractivity (Wildman–Crippen MR) is 56.8 cm³/mol. The molecule has 15 heavy (non-hydrogen) atoms. The summed E-state index contributed by atoms with van der Waals surface area (Å²) in [5, 5.41) is 3.10. The lowest BCUT2D eigenvalue weighted by Crippen LogP contribution is -2.50. The van der Waals surface area contributed by atoms with Gasteiger partial charge in [0.1, 0.15) is 11.9 Å². The summed E-state index contributed by atoms with van der Waals surface area (Å²) < 4.78 is 27.9. The van der Waals surface area contributed by atoms with Crippen molar-refractivity contribution in [3.05, 3.63) is 24.3 Å². The van der Waals surface area contributed by atoms with Crippen molar-refractivity contribution in [2.45, 2.75) is 11.0 Å². The van der Waals surface area contributed by atoms with E-state index in [0.29, 0.717) is 10.6 Å². The minimum absolute atomic E-state index is 0.217. The summed E-state index contributed by atoms with van der Waals surface area (Å²) in [4.78, 5) is 0.321. The molecular weight excluding hydrogens is 214 g/mol. The molecular formula is C10H13NO3S. The molecule has 0 aromatic heterocycles. The van der Waals surface area contributed by atoms with Gasteiger partial charge in [0.2, 0.25) is 0 Å². The number of sulfone groups is 1. The first-order valence-corrected chi connectivity index (χ1v) is 6.62. The van der Waals surface area contributed by atoms with Gasteiger partial charge >= 0.3 is 0 Å². The Morgan fingerprint density at radius 2 is 1.87 bits per heavy atom. The highest BCUT2D eigenvalue weighted by Crippen LogP contribution is 2.17. The first-order chi connectivity index (χ1) is 7.05. The molecule has 1 heterocycles. The van der Waals surface area contributed by atoms with Gasteiger partial charge in [-0.15, -0.1) is 0 Å². The summed E-state index contributed by atoms with van der Waals surface area (Å²) >= 11 is 0. The van der Waals surface area contributed by atoms with Crippen LogP contribution in [0.4, 0.5) is 0 Å². The SMILES string of the molecule is CS(=O)(=O)c1ccc(OC2CNC2)cc1. The van der Waals surface area contributed by atoms with Crippen LogP contribution in [0.15, 0.2) is 29.2 Å². The minimum atomic E-state index is -3.11. The van der Waals surface area contributed by atoms with Gasteiger partial charge in [0.15, 0.2) is 9.84 Å². The normalized spacial score (nSPS) is 17.1. The number of benzene rings is 1. The maximum absolute atomic E-state index is 11.2. The lowest BCUT2D eigenvalue weighted by atomic mass is 10.2. The molecule has 0 saturated carbocycles. The Balaban J connectivity index is 2.09. The second-order valence-corrected chi connectivity index (χ2v) is 5.66. The third kappa shape index (κ3) is 2.49. The predicted octanol–water partition coefficient (Wildman–Crippen LogP) is 0.441. The van der Waals surface area contributed by atoms with Crippen LogP contribution >= 0.6 is 0 Å². The van der Waals surface area contributed by atoms with Crippen molar-refractivity contribution in [1.29, 1.82) is 0 Å². The fourth-order valence-electron chi connectivity index (χ4n) is 1.30. The summed E-state index contributed by atoms with van der Waals surface area (Å²) in [6, 6.07) is 6.51. The molecule has 0 aliphatic carbocycles. The van der Waals surface area contributed by atoms with Crippen molar-refractivity contribution >= 4 is 9.84 Å². The quantitative estimate of drug-likeness (QED) is 0.814. The first-order valence-electron chi connectivity index (χ1n) is 4.73. The van der Waals surface area contributed by atoms with Crippen molar-refractivity contribution in [2.75, 3.05) is 19.3 Å². The molecule has 0 spiro atoms. The number of ether oxygens (including phenoxy) is 1. The summed E-state index contributed by atoms with van der Waals surface area (Å²) in [5.41, 5.74) is 0. The van der Waals surface area contributed by atoms with Crippen molar-refractivity contribution in [2.24, 2.45) is 0 Å². The van der Waals surface area contributed by atoms with E-state index in [0.717, 1.165) is 13.1 Å². The number of hydrogen-bond donors (Lipinski definition) is 1. The molecule has 0 unspecified atom stereocenters. The lowest BCUT2D eigenvalue weighted by Gasteiger charge is -2.27. The van der Waals surface area contributed by atoms with E-state index in [-0.39, 0.29) is 6.10 Å². The van der Waals surface area contributed by atoms with Crippen LogP contribution in [0.5, 0.6) is 5.75 Å². The van der Waals surface area contributed by atoms with Gasteiger partial charge in [-0.05, 0) is 24.3 Å². The monoisotopic (exact) mass is 227 g/mol. The Kier molecular flexibility index (Phi) is 2.67. The molecule has 1 aromatic carbocycles. The van der Waals surface area contributed by atoms with Gasteiger partial charge in [0.05, 0.1) is 4.90 Å².